The van der Waals surface area contributed by atoms with E-state index in [9.17, 15) is 5.11 Å². The number of hydrogen-bond donors (Lipinski definition) is 2. The van der Waals surface area contributed by atoms with Gasteiger partial charge in [0, 0.05) is 5.54 Å². The van der Waals surface area contributed by atoms with Crippen molar-refractivity contribution in [2.75, 3.05) is 0 Å². The van der Waals surface area contributed by atoms with Crippen molar-refractivity contribution < 1.29 is 5.11 Å². The van der Waals surface area contributed by atoms with E-state index in [-0.39, 0.29) is 11.6 Å². The van der Waals surface area contributed by atoms with E-state index < -0.39 is 0 Å². The van der Waals surface area contributed by atoms with Crippen molar-refractivity contribution in [3.05, 3.63) is 0 Å². The van der Waals surface area contributed by atoms with Gasteiger partial charge in [0.2, 0.25) is 0 Å². The molecule has 11 heavy (non-hydrogen) atoms. The fourth-order valence-electron chi connectivity index (χ4n) is 1.80. The van der Waals surface area contributed by atoms with E-state index in [1.54, 1.807) is 0 Å². The van der Waals surface area contributed by atoms with Crippen LogP contribution in [0.25, 0.3) is 0 Å². The molecule has 2 heteroatoms. The summed E-state index contributed by atoms with van der Waals surface area (Å²) in [5.41, 5.74) is 5.77. The zero-order valence-corrected chi connectivity index (χ0v) is 7.34. The largest absolute Gasteiger partial charge is 0.392 e. The van der Waals surface area contributed by atoms with Gasteiger partial charge in [0.25, 0.3) is 0 Å². The third-order valence-electron chi connectivity index (χ3n) is 2.87. The summed E-state index contributed by atoms with van der Waals surface area (Å²) in [5.74, 6) is 0. The predicted molar refractivity (Wildman–Crippen MR) is 46.3 cm³/mol. The average Bonchev–Trinajstić information content (AvgIpc) is 2.15. The van der Waals surface area contributed by atoms with Gasteiger partial charge in [0.15, 0.2) is 0 Å². The van der Waals surface area contributed by atoms with Gasteiger partial charge >= 0.3 is 0 Å². The van der Waals surface area contributed by atoms with Crippen LogP contribution in [-0.2, 0) is 0 Å². The SMILES string of the molecule is CC(O)C1(N)CCCCCC1. The molecule has 0 spiro atoms. The Morgan fingerprint density at radius 3 is 2.00 bits per heavy atom. The van der Waals surface area contributed by atoms with Crippen molar-refractivity contribution in [1.82, 2.24) is 0 Å². The summed E-state index contributed by atoms with van der Waals surface area (Å²) in [4.78, 5) is 0. The Morgan fingerprint density at radius 2 is 1.64 bits per heavy atom. The normalized spacial score (nSPS) is 27.5. The van der Waals surface area contributed by atoms with E-state index in [2.05, 4.69) is 0 Å². The Morgan fingerprint density at radius 1 is 1.18 bits per heavy atom. The molecule has 0 aromatic carbocycles. The molecular formula is C9H19NO. The lowest BCUT2D eigenvalue weighted by Crippen LogP contribution is -2.48. The van der Waals surface area contributed by atoms with Crippen LogP contribution < -0.4 is 5.73 Å². The third-order valence-corrected chi connectivity index (χ3v) is 2.87. The molecule has 0 aromatic rings. The molecule has 0 radical (unpaired) electrons. The van der Waals surface area contributed by atoms with Gasteiger partial charge in [-0.25, -0.2) is 0 Å². The fourth-order valence-corrected chi connectivity index (χ4v) is 1.80. The first kappa shape index (κ1) is 9.01. The molecule has 1 aliphatic carbocycles. The van der Waals surface area contributed by atoms with E-state index in [4.69, 9.17) is 5.73 Å². The molecule has 66 valence electrons. The number of aliphatic hydroxyl groups is 1. The first-order chi connectivity index (χ1) is 5.15. The minimum absolute atomic E-state index is 0.281. The quantitative estimate of drug-likeness (QED) is 0.565. The summed E-state index contributed by atoms with van der Waals surface area (Å²) < 4.78 is 0. The molecule has 1 saturated carbocycles. The van der Waals surface area contributed by atoms with Crippen LogP contribution in [-0.4, -0.2) is 16.7 Å². The second-order valence-corrected chi connectivity index (χ2v) is 3.82. The van der Waals surface area contributed by atoms with Crippen molar-refractivity contribution in [3.8, 4) is 0 Å². The summed E-state index contributed by atoms with van der Waals surface area (Å²) in [7, 11) is 0. The van der Waals surface area contributed by atoms with E-state index in [0.717, 1.165) is 12.8 Å². The molecule has 1 fully saturated rings. The van der Waals surface area contributed by atoms with Crippen LogP contribution in [0.3, 0.4) is 0 Å². The lowest BCUT2D eigenvalue weighted by atomic mass is 9.86. The molecule has 0 heterocycles. The second-order valence-electron chi connectivity index (χ2n) is 3.82. The molecule has 1 unspecified atom stereocenters. The summed E-state index contributed by atoms with van der Waals surface area (Å²) in [6.07, 6.45) is 6.57. The van der Waals surface area contributed by atoms with Gasteiger partial charge < -0.3 is 10.8 Å². The Bertz CT molecular complexity index is 115. The van der Waals surface area contributed by atoms with Gasteiger partial charge in [0.1, 0.15) is 0 Å². The lowest BCUT2D eigenvalue weighted by molar-refractivity contribution is 0.0897. The Hall–Kier alpha value is -0.0800. The molecular weight excluding hydrogens is 138 g/mol. The summed E-state index contributed by atoms with van der Waals surface area (Å²) in [6.45, 7) is 1.81. The molecule has 0 amide bonds. The van der Waals surface area contributed by atoms with Gasteiger partial charge in [-0.2, -0.15) is 0 Å². The molecule has 1 rings (SSSR count). The van der Waals surface area contributed by atoms with Crippen LogP contribution in [0.2, 0.25) is 0 Å². The molecule has 0 aromatic heterocycles. The smallest absolute Gasteiger partial charge is 0.0691 e. The van der Waals surface area contributed by atoms with Gasteiger partial charge in [-0.3, -0.25) is 0 Å². The molecule has 0 aliphatic heterocycles. The summed E-state index contributed by atoms with van der Waals surface area (Å²) in [5, 5.41) is 9.44. The summed E-state index contributed by atoms with van der Waals surface area (Å²) >= 11 is 0. The Labute approximate surface area is 68.8 Å². The maximum atomic E-state index is 9.44. The predicted octanol–water partition coefficient (Wildman–Crippen LogP) is 1.42. The van der Waals surface area contributed by atoms with Crippen LogP contribution >= 0.6 is 0 Å². The highest BCUT2D eigenvalue weighted by Crippen LogP contribution is 2.27. The first-order valence-electron chi connectivity index (χ1n) is 4.62. The average molecular weight is 157 g/mol. The molecule has 1 aliphatic rings. The topological polar surface area (TPSA) is 46.2 Å². The summed E-state index contributed by atoms with van der Waals surface area (Å²) in [6, 6.07) is 0. The monoisotopic (exact) mass is 157 g/mol. The minimum Gasteiger partial charge on any atom is -0.392 e. The van der Waals surface area contributed by atoms with Gasteiger partial charge in [-0.1, -0.05) is 25.7 Å². The highest BCUT2D eigenvalue weighted by molar-refractivity contribution is 4.90. The second kappa shape index (κ2) is 3.55. The van der Waals surface area contributed by atoms with Crippen LogP contribution in [0.1, 0.15) is 45.4 Å². The number of rotatable bonds is 1. The molecule has 2 nitrogen and oxygen atoms in total. The van der Waals surface area contributed by atoms with Gasteiger partial charge in [-0.05, 0) is 19.8 Å². The number of hydrogen-bond acceptors (Lipinski definition) is 2. The maximum Gasteiger partial charge on any atom is 0.0691 e. The third kappa shape index (κ3) is 2.17. The van der Waals surface area contributed by atoms with Gasteiger partial charge in [-0.15, -0.1) is 0 Å². The van der Waals surface area contributed by atoms with Crippen molar-refractivity contribution in [2.24, 2.45) is 5.73 Å². The maximum absolute atomic E-state index is 9.44. The van der Waals surface area contributed by atoms with Crippen LogP contribution in [0.5, 0.6) is 0 Å². The highest BCUT2D eigenvalue weighted by atomic mass is 16.3. The number of aliphatic hydroxyl groups excluding tert-OH is 1. The van der Waals surface area contributed by atoms with Crippen molar-refractivity contribution in [2.45, 2.75) is 57.1 Å². The lowest BCUT2D eigenvalue weighted by Gasteiger charge is -2.31. The molecule has 0 bridgehead atoms. The first-order valence-corrected chi connectivity index (χ1v) is 4.62. The standard InChI is InChI=1S/C9H19NO/c1-8(11)9(10)6-4-2-3-5-7-9/h8,11H,2-7,10H2,1H3. The van der Waals surface area contributed by atoms with Crippen molar-refractivity contribution in [1.29, 1.82) is 0 Å². The van der Waals surface area contributed by atoms with Crippen LogP contribution in [0.4, 0.5) is 0 Å². The highest BCUT2D eigenvalue weighted by Gasteiger charge is 2.30. The van der Waals surface area contributed by atoms with Gasteiger partial charge in [0.05, 0.1) is 6.10 Å². The molecule has 1 atom stereocenters. The van der Waals surface area contributed by atoms with E-state index in [1.807, 2.05) is 6.92 Å². The Balaban J connectivity index is 2.52. The van der Waals surface area contributed by atoms with E-state index in [0.29, 0.717) is 0 Å². The van der Waals surface area contributed by atoms with Crippen LogP contribution in [0, 0.1) is 0 Å². The molecule has 0 saturated heterocycles. The van der Waals surface area contributed by atoms with E-state index >= 15 is 0 Å². The van der Waals surface area contributed by atoms with Crippen molar-refractivity contribution in [3.63, 3.8) is 0 Å². The minimum atomic E-state index is -0.347. The zero-order chi connectivity index (χ0) is 8.32. The number of nitrogens with two attached hydrogens (primary N) is 1. The Kier molecular flexibility index (Phi) is 2.90. The zero-order valence-electron chi connectivity index (χ0n) is 7.34. The fraction of sp³-hybridized carbons (Fsp3) is 1.00. The molecule has 3 N–H and O–H groups in total. The van der Waals surface area contributed by atoms with Crippen LogP contribution in [0.15, 0.2) is 0 Å². The van der Waals surface area contributed by atoms with Crippen molar-refractivity contribution >= 4 is 0 Å². The van der Waals surface area contributed by atoms with E-state index in [1.165, 1.54) is 25.7 Å².